The zero-order chi connectivity index (χ0) is 20.3. The van der Waals surface area contributed by atoms with Gasteiger partial charge in [-0.05, 0) is 38.9 Å². The van der Waals surface area contributed by atoms with Crippen LogP contribution in [0.25, 0.3) is 0 Å². The fourth-order valence-electron chi connectivity index (χ4n) is 4.25. The van der Waals surface area contributed by atoms with Crippen molar-refractivity contribution in [2.75, 3.05) is 26.7 Å². The fraction of sp³-hybridized carbons (Fsp3) is 0.650. The summed E-state index contributed by atoms with van der Waals surface area (Å²) >= 11 is 6.34. The Balaban J connectivity index is 1.45. The number of benzene rings is 1. The molecule has 8 heteroatoms. The van der Waals surface area contributed by atoms with Crippen molar-refractivity contribution in [2.24, 2.45) is 11.8 Å². The second-order valence-electron chi connectivity index (χ2n) is 8.14. The van der Waals surface area contributed by atoms with Crippen molar-refractivity contribution in [3.05, 3.63) is 22.2 Å². The third-order valence-electron chi connectivity index (χ3n) is 6.22. The van der Waals surface area contributed by atoms with Crippen molar-refractivity contribution in [1.29, 1.82) is 0 Å². The van der Waals surface area contributed by atoms with Gasteiger partial charge in [0, 0.05) is 37.3 Å². The van der Waals surface area contributed by atoms with Crippen LogP contribution in [-0.4, -0.2) is 49.3 Å². The van der Waals surface area contributed by atoms with Crippen LogP contribution in [0, 0.1) is 18.8 Å². The first kappa shape index (κ1) is 19.7. The number of likely N-dealkylation sites (tertiary alicyclic amines) is 1. The summed E-state index contributed by atoms with van der Waals surface area (Å²) in [5, 5.41) is 0.304. The highest BCUT2D eigenvalue weighted by Crippen LogP contribution is 2.52. The minimum Gasteiger partial charge on any atom is -0.465 e. The SMILES string of the molecule is COC(=O)c1cc(Cl)c2c(c1C)OC(C)(C1CCN(CC3CC3(F)F)CC1)O2. The number of esters is 1. The lowest BCUT2D eigenvalue weighted by molar-refractivity contribution is -0.125. The van der Waals surface area contributed by atoms with Gasteiger partial charge in [-0.25, -0.2) is 13.6 Å². The molecule has 154 valence electrons. The van der Waals surface area contributed by atoms with Gasteiger partial charge in [-0.3, -0.25) is 0 Å². The van der Waals surface area contributed by atoms with Gasteiger partial charge in [-0.15, -0.1) is 0 Å². The molecule has 0 bridgehead atoms. The molecule has 2 heterocycles. The second-order valence-corrected chi connectivity index (χ2v) is 8.55. The molecule has 2 unspecified atom stereocenters. The first-order chi connectivity index (χ1) is 13.1. The Morgan fingerprint density at radius 1 is 1.32 bits per heavy atom. The number of rotatable bonds is 4. The first-order valence-electron chi connectivity index (χ1n) is 9.54. The Labute approximate surface area is 167 Å². The largest absolute Gasteiger partial charge is 0.465 e. The molecule has 0 radical (unpaired) electrons. The topological polar surface area (TPSA) is 48.0 Å². The predicted molar refractivity (Wildman–Crippen MR) is 99.4 cm³/mol. The van der Waals surface area contributed by atoms with Crippen LogP contribution in [0.5, 0.6) is 11.5 Å². The van der Waals surface area contributed by atoms with E-state index in [1.165, 1.54) is 13.2 Å². The zero-order valence-corrected chi connectivity index (χ0v) is 16.9. The number of carbonyl (C=O) groups is 1. The lowest BCUT2D eigenvalue weighted by Gasteiger charge is -2.38. The van der Waals surface area contributed by atoms with Crippen LogP contribution in [0.2, 0.25) is 5.02 Å². The summed E-state index contributed by atoms with van der Waals surface area (Å²) in [5.41, 5.74) is 0.975. The van der Waals surface area contributed by atoms with Crippen LogP contribution >= 0.6 is 11.6 Å². The maximum Gasteiger partial charge on any atom is 0.338 e. The molecule has 3 aliphatic rings. The van der Waals surface area contributed by atoms with Crippen LogP contribution in [0.4, 0.5) is 8.78 Å². The molecule has 1 saturated heterocycles. The molecule has 0 amide bonds. The third kappa shape index (κ3) is 3.32. The summed E-state index contributed by atoms with van der Waals surface area (Å²) in [5.74, 6) is -3.36. The van der Waals surface area contributed by atoms with Crippen molar-refractivity contribution in [1.82, 2.24) is 4.90 Å². The van der Waals surface area contributed by atoms with E-state index in [2.05, 4.69) is 4.90 Å². The molecule has 2 atom stereocenters. The summed E-state index contributed by atoms with van der Waals surface area (Å²) in [4.78, 5) is 14.1. The van der Waals surface area contributed by atoms with Gasteiger partial charge < -0.3 is 19.1 Å². The van der Waals surface area contributed by atoms with Crippen LogP contribution in [0.1, 0.15) is 42.1 Å². The van der Waals surface area contributed by atoms with Crippen LogP contribution < -0.4 is 9.47 Å². The molecule has 1 aromatic rings. The molecule has 4 rings (SSSR count). The lowest BCUT2D eigenvalue weighted by atomic mass is 9.89. The Bertz CT molecular complexity index is 810. The van der Waals surface area contributed by atoms with Gasteiger partial charge in [0.05, 0.1) is 17.7 Å². The number of hydrogen-bond donors (Lipinski definition) is 0. The van der Waals surface area contributed by atoms with Crippen molar-refractivity contribution in [2.45, 2.75) is 44.8 Å². The highest BCUT2D eigenvalue weighted by Gasteiger charge is 2.57. The highest BCUT2D eigenvalue weighted by molar-refractivity contribution is 6.32. The molecule has 28 heavy (non-hydrogen) atoms. The van der Waals surface area contributed by atoms with Crippen LogP contribution in [0.3, 0.4) is 0 Å². The molecule has 1 aliphatic carbocycles. The van der Waals surface area contributed by atoms with E-state index in [1.807, 2.05) is 6.92 Å². The maximum absolute atomic E-state index is 13.2. The molecule has 1 saturated carbocycles. The fourth-order valence-corrected chi connectivity index (χ4v) is 4.49. The quantitative estimate of drug-likeness (QED) is 0.686. The van der Waals surface area contributed by atoms with Crippen molar-refractivity contribution < 1.29 is 27.8 Å². The monoisotopic (exact) mass is 415 g/mol. The molecular weight excluding hydrogens is 392 g/mol. The number of nitrogens with zero attached hydrogens (tertiary/aromatic N) is 1. The molecule has 5 nitrogen and oxygen atoms in total. The molecule has 0 aromatic heterocycles. The summed E-state index contributed by atoms with van der Waals surface area (Å²) in [7, 11) is 1.32. The average Bonchev–Trinajstić information content (AvgIpc) is 3.08. The predicted octanol–water partition coefficient (Wildman–Crippen LogP) is 4.29. The van der Waals surface area contributed by atoms with E-state index in [0.29, 0.717) is 34.2 Å². The van der Waals surface area contributed by atoms with Crippen molar-refractivity contribution in [3.8, 4) is 11.5 Å². The molecule has 2 fully saturated rings. The first-order valence-corrected chi connectivity index (χ1v) is 9.92. The van der Waals surface area contributed by atoms with Gasteiger partial charge in [-0.2, -0.15) is 0 Å². The number of halogens is 3. The van der Waals surface area contributed by atoms with E-state index in [9.17, 15) is 13.6 Å². The Kier molecular flexibility index (Phi) is 4.74. The number of alkyl halides is 2. The standard InChI is InChI=1S/C20H24ClF2NO4/c1-11-14(18(25)26-3)8-15(21)17-16(11)27-19(2,28-17)12-4-6-24(7-5-12)10-13-9-20(13,22)23/h8,12-13H,4-7,9-10H2,1-3H3. The van der Waals surface area contributed by atoms with E-state index in [1.54, 1.807) is 6.92 Å². The van der Waals surface area contributed by atoms with E-state index in [-0.39, 0.29) is 12.3 Å². The van der Waals surface area contributed by atoms with Crippen LogP contribution in [0.15, 0.2) is 6.07 Å². The highest BCUT2D eigenvalue weighted by atomic mass is 35.5. The van der Waals surface area contributed by atoms with E-state index in [0.717, 1.165) is 25.9 Å². The van der Waals surface area contributed by atoms with Gasteiger partial charge >= 0.3 is 5.97 Å². The van der Waals surface area contributed by atoms with Gasteiger partial charge in [0.25, 0.3) is 11.7 Å². The Morgan fingerprint density at radius 2 is 1.93 bits per heavy atom. The Morgan fingerprint density at radius 3 is 2.50 bits per heavy atom. The average molecular weight is 416 g/mol. The number of fused-ring (bicyclic) bond motifs is 1. The van der Waals surface area contributed by atoms with Crippen LogP contribution in [-0.2, 0) is 4.74 Å². The molecular formula is C20H24ClF2NO4. The summed E-state index contributed by atoms with van der Waals surface area (Å²) in [6.07, 6.45) is 1.57. The van der Waals surface area contributed by atoms with E-state index < -0.39 is 23.6 Å². The smallest absolute Gasteiger partial charge is 0.338 e. The number of ether oxygens (including phenoxy) is 3. The minimum absolute atomic E-state index is 0.00643. The number of carbonyl (C=O) groups excluding carboxylic acids is 1. The van der Waals surface area contributed by atoms with Gasteiger partial charge in [-0.1, -0.05) is 11.6 Å². The summed E-state index contributed by atoms with van der Waals surface area (Å²) < 4.78 is 43.5. The molecule has 2 aliphatic heterocycles. The van der Waals surface area contributed by atoms with Gasteiger partial charge in [0.15, 0.2) is 11.5 Å². The second kappa shape index (κ2) is 6.73. The normalized spacial score (nSPS) is 29.0. The number of hydrogen-bond acceptors (Lipinski definition) is 5. The Hall–Kier alpha value is -1.60. The summed E-state index contributed by atoms with van der Waals surface area (Å²) in [6.45, 7) is 5.56. The number of methoxy groups -OCH3 is 1. The molecule has 1 aromatic carbocycles. The third-order valence-corrected chi connectivity index (χ3v) is 6.50. The summed E-state index contributed by atoms with van der Waals surface area (Å²) in [6, 6.07) is 1.54. The zero-order valence-electron chi connectivity index (χ0n) is 16.2. The molecule has 0 N–H and O–H groups in total. The van der Waals surface area contributed by atoms with Gasteiger partial charge in [0.2, 0.25) is 0 Å². The molecule has 0 spiro atoms. The van der Waals surface area contributed by atoms with Gasteiger partial charge in [0.1, 0.15) is 0 Å². The van der Waals surface area contributed by atoms with Crippen molar-refractivity contribution >= 4 is 17.6 Å². The number of piperidine rings is 1. The minimum atomic E-state index is -2.48. The van der Waals surface area contributed by atoms with E-state index in [4.69, 9.17) is 25.8 Å². The van der Waals surface area contributed by atoms with Crippen molar-refractivity contribution in [3.63, 3.8) is 0 Å². The maximum atomic E-state index is 13.2. The lowest BCUT2D eigenvalue weighted by Crippen LogP contribution is -2.49. The van der Waals surface area contributed by atoms with E-state index >= 15 is 0 Å².